The molecule has 4 rings (SSSR count). The minimum atomic E-state index is -4.08. The largest absolute Gasteiger partial charge is 0.502 e. The van der Waals surface area contributed by atoms with Gasteiger partial charge in [0.15, 0.2) is 5.76 Å². The van der Waals surface area contributed by atoms with E-state index in [1.165, 1.54) is 28.4 Å². The molecule has 1 amide bonds. The van der Waals surface area contributed by atoms with E-state index in [-0.39, 0.29) is 16.3 Å². The Morgan fingerprint density at radius 1 is 1.03 bits per heavy atom. The number of benzene rings is 2. The van der Waals surface area contributed by atoms with Crippen LogP contribution in [0.2, 0.25) is 0 Å². The highest BCUT2D eigenvalue weighted by atomic mass is 79.9. The zero-order chi connectivity index (χ0) is 20.6. The zero-order valence-corrected chi connectivity index (χ0v) is 18.2. The number of nitrogens with zero attached hydrogens (tertiary/aromatic N) is 1. The maximum absolute atomic E-state index is 13.4. The second-order valence-electron chi connectivity index (χ2n) is 6.52. The van der Waals surface area contributed by atoms with E-state index in [4.69, 9.17) is 0 Å². The standard InChI is InChI=1S/C21H16BrNO4S2/c22-15-11-17(28-13-15)18-20(29(26,27)16-9-5-2-6-10-16)19(24)21(25)23(18)12-14-7-3-1-4-8-14/h1-11,13,18,24H,12H2/t18-/m0/s1. The molecule has 5 nitrogen and oxygen atoms in total. The van der Waals surface area contributed by atoms with Gasteiger partial charge in [0.05, 0.1) is 4.90 Å². The Hall–Kier alpha value is -2.42. The van der Waals surface area contributed by atoms with E-state index in [0.29, 0.717) is 4.88 Å². The average molecular weight is 490 g/mol. The van der Waals surface area contributed by atoms with E-state index in [9.17, 15) is 18.3 Å². The van der Waals surface area contributed by atoms with Crippen molar-refractivity contribution in [2.75, 3.05) is 0 Å². The van der Waals surface area contributed by atoms with Crippen LogP contribution in [0.1, 0.15) is 16.5 Å². The molecule has 1 N–H and O–H groups in total. The number of carbonyl (C=O) groups is 1. The highest BCUT2D eigenvalue weighted by Crippen LogP contribution is 2.45. The lowest BCUT2D eigenvalue weighted by atomic mass is 10.1. The molecular weight excluding hydrogens is 474 g/mol. The van der Waals surface area contributed by atoms with E-state index in [1.807, 2.05) is 35.7 Å². The second kappa shape index (κ2) is 7.78. The van der Waals surface area contributed by atoms with Gasteiger partial charge in [-0.05, 0) is 39.7 Å². The predicted octanol–water partition coefficient (Wildman–Crippen LogP) is 4.84. The highest BCUT2D eigenvalue weighted by Gasteiger charge is 2.47. The molecule has 1 aliphatic rings. The first kappa shape index (κ1) is 19.9. The Bertz CT molecular complexity index is 1190. The Kier molecular flexibility index (Phi) is 5.33. The van der Waals surface area contributed by atoms with Crippen LogP contribution >= 0.6 is 27.3 Å². The summed E-state index contributed by atoms with van der Waals surface area (Å²) in [6.45, 7) is 0.178. The number of halogens is 1. The molecular formula is C21H16BrNO4S2. The van der Waals surface area contributed by atoms with Crippen molar-refractivity contribution in [3.63, 3.8) is 0 Å². The van der Waals surface area contributed by atoms with Crippen molar-refractivity contribution in [1.29, 1.82) is 0 Å². The number of aliphatic hydroxyl groups is 1. The van der Waals surface area contributed by atoms with Crippen LogP contribution in [0.25, 0.3) is 0 Å². The molecule has 2 aromatic carbocycles. The number of amides is 1. The molecule has 0 aliphatic carbocycles. The third kappa shape index (κ3) is 3.63. The Morgan fingerprint density at radius 2 is 1.66 bits per heavy atom. The SMILES string of the molecule is O=C1C(O)=C(S(=O)(=O)c2ccccc2)[C@H](c2cc(Br)cs2)N1Cc1ccccc1. The predicted molar refractivity (Wildman–Crippen MR) is 115 cm³/mol. The molecule has 29 heavy (non-hydrogen) atoms. The van der Waals surface area contributed by atoms with Crippen LogP contribution in [-0.4, -0.2) is 24.3 Å². The van der Waals surface area contributed by atoms with Crippen molar-refractivity contribution < 1.29 is 18.3 Å². The lowest BCUT2D eigenvalue weighted by molar-refractivity contribution is -0.130. The Morgan fingerprint density at radius 3 is 2.24 bits per heavy atom. The molecule has 1 aromatic heterocycles. The molecule has 1 atom stereocenters. The van der Waals surface area contributed by atoms with Gasteiger partial charge in [-0.3, -0.25) is 4.79 Å². The number of aliphatic hydroxyl groups excluding tert-OH is 1. The van der Waals surface area contributed by atoms with Crippen molar-refractivity contribution in [3.05, 3.63) is 97.7 Å². The lowest BCUT2D eigenvalue weighted by Crippen LogP contribution is -2.30. The van der Waals surface area contributed by atoms with Gasteiger partial charge < -0.3 is 10.0 Å². The average Bonchev–Trinajstić information content (AvgIpc) is 3.26. The molecule has 1 aliphatic heterocycles. The minimum Gasteiger partial charge on any atom is -0.502 e. The number of carbonyl (C=O) groups excluding carboxylic acids is 1. The molecule has 2 heterocycles. The highest BCUT2D eigenvalue weighted by molar-refractivity contribution is 9.10. The Labute approximate surface area is 181 Å². The van der Waals surface area contributed by atoms with Crippen LogP contribution in [0.5, 0.6) is 0 Å². The molecule has 148 valence electrons. The van der Waals surface area contributed by atoms with Gasteiger partial charge in [0.2, 0.25) is 9.84 Å². The number of thiophene rings is 1. The summed E-state index contributed by atoms with van der Waals surface area (Å²) in [6, 6.07) is 18.0. The van der Waals surface area contributed by atoms with Crippen molar-refractivity contribution in [2.24, 2.45) is 0 Å². The minimum absolute atomic E-state index is 0.0385. The van der Waals surface area contributed by atoms with Gasteiger partial charge in [-0.25, -0.2) is 8.42 Å². The molecule has 0 radical (unpaired) electrons. The van der Waals surface area contributed by atoms with Crippen molar-refractivity contribution >= 4 is 43.0 Å². The summed E-state index contributed by atoms with van der Waals surface area (Å²) in [6.07, 6.45) is 0. The van der Waals surface area contributed by atoms with E-state index < -0.39 is 27.5 Å². The maximum atomic E-state index is 13.4. The summed E-state index contributed by atoms with van der Waals surface area (Å²) in [5.41, 5.74) is 0.840. The fraction of sp³-hybridized carbons (Fsp3) is 0.0952. The first-order chi connectivity index (χ1) is 13.9. The second-order valence-corrected chi connectivity index (χ2v) is 10.3. The third-order valence-electron chi connectivity index (χ3n) is 4.65. The van der Waals surface area contributed by atoms with Crippen molar-refractivity contribution in [1.82, 2.24) is 4.90 Å². The maximum Gasteiger partial charge on any atom is 0.290 e. The molecule has 0 fully saturated rings. The summed E-state index contributed by atoms with van der Waals surface area (Å²) < 4.78 is 27.5. The quantitative estimate of drug-likeness (QED) is 0.556. The van der Waals surface area contributed by atoms with E-state index in [2.05, 4.69) is 15.9 Å². The van der Waals surface area contributed by atoms with Crippen LogP contribution in [0.3, 0.4) is 0 Å². The molecule has 0 bridgehead atoms. The molecule has 0 unspecified atom stereocenters. The lowest BCUT2D eigenvalue weighted by Gasteiger charge is -2.26. The number of sulfone groups is 1. The van der Waals surface area contributed by atoms with Crippen molar-refractivity contribution in [3.8, 4) is 0 Å². The molecule has 0 saturated carbocycles. The van der Waals surface area contributed by atoms with E-state index in [1.54, 1.807) is 24.3 Å². The van der Waals surface area contributed by atoms with Crippen LogP contribution < -0.4 is 0 Å². The summed E-state index contributed by atoms with van der Waals surface area (Å²) >= 11 is 4.72. The summed E-state index contributed by atoms with van der Waals surface area (Å²) in [4.78, 5) is 14.7. The normalized spacial score (nSPS) is 17.2. The van der Waals surface area contributed by atoms with Gasteiger partial charge in [-0.15, -0.1) is 11.3 Å². The third-order valence-corrected chi connectivity index (χ3v) is 8.29. The monoisotopic (exact) mass is 489 g/mol. The first-order valence-corrected chi connectivity index (χ1v) is 11.9. The number of hydrogen-bond donors (Lipinski definition) is 1. The molecule has 3 aromatic rings. The summed E-state index contributed by atoms with van der Waals surface area (Å²) in [7, 11) is -4.08. The molecule has 0 saturated heterocycles. The topological polar surface area (TPSA) is 74.7 Å². The van der Waals surface area contributed by atoms with Gasteiger partial charge in [0, 0.05) is 21.3 Å². The number of rotatable bonds is 5. The molecule has 8 heteroatoms. The van der Waals surface area contributed by atoms with E-state index >= 15 is 0 Å². The first-order valence-electron chi connectivity index (χ1n) is 8.71. The molecule has 0 spiro atoms. The summed E-state index contributed by atoms with van der Waals surface area (Å²) in [5, 5.41) is 12.5. The van der Waals surface area contributed by atoms with Gasteiger partial charge in [0.25, 0.3) is 5.91 Å². The number of hydrogen-bond acceptors (Lipinski definition) is 5. The van der Waals surface area contributed by atoms with E-state index in [0.717, 1.165) is 10.0 Å². The van der Waals surface area contributed by atoms with Crippen LogP contribution in [-0.2, 0) is 21.2 Å². The van der Waals surface area contributed by atoms with Crippen LogP contribution in [0, 0.1) is 0 Å². The van der Waals surface area contributed by atoms with Gasteiger partial charge in [0.1, 0.15) is 10.9 Å². The van der Waals surface area contributed by atoms with Crippen LogP contribution in [0.15, 0.2) is 92.1 Å². The summed E-state index contributed by atoms with van der Waals surface area (Å²) in [5.74, 6) is -1.42. The van der Waals surface area contributed by atoms with Gasteiger partial charge >= 0.3 is 0 Å². The van der Waals surface area contributed by atoms with Gasteiger partial charge in [-0.1, -0.05) is 48.5 Å². The van der Waals surface area contributed by atoms with Crippen LogP contribution in [0.4, 0.5) is 0 Å². The fourth-order valence-corrected chi connectivity index (χ4v) is 6.63. The fourth-order valence-electron chi connectivity index (χ4n) is 3.33. The van der Waals surface area contributed by atoms with Gasteiger partial charge in [-0.2, -0.15) is 0 Å². The Balaban J connectivity index is 1.85. The van der Waals surface area contributed by atoms with Crippen molar-refractivity contribution in [2.45, 2.75) is 17.5 Å². The zero-order valence-electron chi connectivity index (χ0n) is 15.0. The smallest absolute Gasteiger partial charge is 0.290 e.